The number of phosphoric ester groups is 1. The van der Waals surface area contributed by atoms with Crippen LogP contribution in [0.2, 0.25) is 0 Å². The number of unbranched alkanes of at least 4 members (excludes halogenated alkanes) is 26. The standard InChI is InChI=1S/C41H82NO7P/c1-3-5-7-9-11-13-15-17-19-21-23-25-27-29-31-33-36-46-38-40(39-48-50(44,45)47-37-35-42)49-41(43)34-32-30-28-26-24-22-20-18-16-14-12-10-8-6-4-2/h18,20,40H,3-17,19,21-39,42H2,1-2H3,(H,44,45)/b20-18-. The maximum atomic E-state index is 12.6. The maximum Gasteiger partial charge on any atom is 0.472 e. The van der Waals surface area contributed by atoms with E-state index < -0.39 is 13.9 Å². The highest BCUT2D eigenvalue weighted by Crippen LogP contribution is 2.43. The molecule has 0 heterocycles. The van der Waals surface area contributed by atoms with Crippen molar-refractivity contribution in [1.82, 2.24) is 0 Å². The van der Waals surface area contributed by atoms with Gasteiger partial charge in [-0.15, -0.1) is 0 Å². The largest absolute Gasteiger partial charge is 0.472 e. The molecule has 9 heteroatoms. The fourth-order valence-electron chi connectivity index (χ4n) is 6.05. The summed E-state index contributed by atoms with van der Waals surface area (Å²) in [6.45, 7) is 4.94. The van der Waals surface area contributed by atoms with Crippen molar-refractivity contribution in [2.45, 2.75) is 213 Å². The molecule has 0 fully saturated rings. The molecule has 8 nitrogen and oxygen atoms in total. The Kier molecular flexibility index (Phi) is 38.8. The first kappa shape index (κ1) is 49.2. The smallest absolute Gasteiger partial charge is 0.457 e. The van der Waals surface area contributed by atoms with Gasteiger partial charge in [-0.2, -0.15) is 0 Å². The highest BCUT2D eigenvalue weighted by atomic mass is 31.2. The molecule has 0 aromatic rings. The lowest BCUT2D eigenvalue weighted by atomic mass is 10.0. The van der Waals surface area contributed by atoms with Gasteiger partial charge in [0, 0.05) is 19.6 Å². The predicted molar refractivity (Wildman–Crippen MR) is 210 cm³/mol. The number of hydrogen-bond donors (Lipinski definition) is 2. The zero-order valence-corrected chi connectivity index (χ0v) is 33.8. The minimum Gasteiger partial charge on any atom is -0.457 e. The van der Waals surface area contributed by atoms with Gasteiger partial charge in [0.25, 0.3) is 0 Å². The summed E-state index contributed by atoms with van der Waals surface area (Å²) in [4.78, 5) is 22.4. The van der Waals surface area contributed by atoms with Gasteiger partial charge in [0.1, 0.15) is 6.10 Å². The van der Waals surface area contributed by atoms with Gasteiger partial charge in [-0.3, -0.25) is 13.8 Å². The van der Waals surface area contributed by atoms with Crippen LogP contribution in [0.25, 0.3) is 0 Å². The Hall–Kier alpha value is -0.760. The highest BCUT2D eigenvalue weighted by molar-refractivity contribution is 7.47. The molecule has 0 radical (unpaired) electrons. The Balaban J connectivity index is 4.02. The predicted octanol–water partition coefficient (Wildman–Crippen LogP) is 12.3. The molecule has 50 heavy (non-hydrogen) atoms. The number of phosphoric acid groups is 1. The zero-order valence-electron chi connectivity index (χ0n) is 32.9. The summed E-state index contributed by atoms with van der Waals surface area (Å²) < 4.78 is 33.4. The lowest BCUT2D eigenvalue weighted by Gasteiger charge is -2.20. The SMILES string of the molecule is CCCCCCCC/C=C\CCCCCCCC(=O)OC(COCCCCCCCCCCCCCCCCCC)COP(=O)(O)OCCN. The summed E-state index contributed by atoms with van der Waals surface area (Å²) >= 11 is 0. The summed E-state index contributed by atoms with van der Waals surface area (Å²) in [6, 6.07) is 0. The number of ether oxygens (including phenoxy) is 2. The first-order chi connectivity index (χ1) is 24.4. The van der Waals surface area contributed by atoms with Crippen molar-refractivity contribution in [3.05, 3.63) is 12.2 Å². The van der Waals surface area contributed by atoms with E-state index in [1.807, 2.05) is 0 Å². The van der Waals surface area contributed by atoms with Gasteiger partial charge in [-0.05, 0) is 38.5 Å². The third-order valence-corrected chi connectivity index (χ3v) is 10.2. The van der Waals surface area contributed by atoms with E-state index in [1.165, 1.54) is 141 Å². The second-order valence-electron chi connectivity index (χ2n) is 14.2. The topological polar surface area (TPSA) is 117 Å². The van der Waals surface area contributed by atoms with Gasteiger partial charge in [0.05, 0.1) is 19.8 Å². The van der Waals surface area contributed by atoms with Crippen LogP contribution in [0.5, 0.6) is 0 Å². The van der Waals surface area contributed by atoms with Crippen LogP contribution in [0.15, 0.2) is 12.2 Å². The van der Waals surface area contributed by atoms with Crippen LogP contribution >= 0.6 is 7.82 Å². The van der Waals surface area contributed by atoms with E-state index in [1.54, 1.807) is 0 Å². The second-order valence-corrected chi connectivity index (χ2v) is 15.7. The van der Waals surface area contributed by atoms with Gasteiger partial charge in [-0.1, -0.05) is 174 Å². The maximum absolute atomic E-state index is 12.6. The average molecular weight is 732 g/mol. The van der Waals surface area contributed by atoms with Gasteiger partial charge in [-0.25, -0.2) is 4.57 Å². The highest BCUT2D eigenvalue weighted by Gasteiger charge is 2.25. The summed E-state index contributed by atoms with van der Waals surface area (Å²) in [5.74, 6) is -0.335. The molecule has 0 rings (SSSR count). The Labute approximate surface area is 309 Å². The number of allylic oxidation sites excluding steroid dienone is 2. The van der Waals surface area contributed by atoms with Gasteiger partial charge < -0.3 is 20.1 Å². The first-order valence-electron chi connectivity index (χ1n) is 21.2. The molecule has 0 aliphatic rings. The van der Waals surface area contributed by atoms with Crippen molar-refractivity contribution in [2.75, 3.05) is 33.0 Å². The number of esters is 1. The minimum absolute atomic E-state index is 0.0938. The van der Waals surface area contributed by atoms with E-state index in [9.17, 15) is 14.3 Å². The summed E-state index contributed by atoms with van der Waals surface area (Å²) in [5, 5.41) is 0. The lowest BCUT2D eigenvalue weighted by Crippen LogP contribution is -2.28. The molecule has 0 saturated carbocycles. The summed E-state index contributed by atoms with van der Waals surface area (Å²) in [6.07, 6.45) is 40.8. The van der Waals surface area contributed by atoms with E-state index in [-0.39, 0.29) is 32.3 Å². The fraction of sp³-hybridized carbons (Fsp3) is 0.927. The van der Waals surface area contributed by atoms with Crippen LogP contribution in [-0.4, -0.2) is 49.9 Å². The molecule has 0 aliphatic carbocycles. The molecule has 0 aromatic heterocycles. The van der Waals surface area contributed by atoms with Crippen LogP contribution in [0.1, 0.15) is 206 Å². The fourth-order valence-corrected chi connectivity index (χ4v) is 6.82. The molecule has 0 saturated heterocycles. The monoisotopic (exact) mass is 732 g/mol. The van der Waals surface area contributed by atoms with Crippen molar-refractivity contribution in [2.24, 2.45) is 5.73 Å². The van der Waals surface area contributed by atoms with Crippen LogP contribution in [-0.2, 0) is 27.9 Å². The Morgan fingerprint density at radius 3 is 1.46 bits per heavy atom. The molecular formula is C41H82NO7P. The van der Waals surface area contributed by atoms with E-state index in [0.717, 1.165) is 44.9 Å². The molecule has 0 bridgehead atoms. The number of carbonyl (C=O) groups excluding carboxylic acids is 1. The van der Waals surface area contributed by atoms with Gasteiger partial charge >= 0.3 is 13.8 Å². The Bertz CT molecular complexity index is 782. The lowest BCUT2D eigenvalue weighted by molar-refractivity contribution is -0.154. The number of rotatable bonds is 41. The number of hydrogen-bond acceptors (Lipinski definition) is 7. The normalized spacial score (nSPS) is 13.6. The minimum atomic E-state index is -4.27. The van der Waals surface area contributed by atoms with E-state index in [4.69, 9.17) is 24.3 Å². The molecule has 3 N–H and O–H groups in total. The Morgan fingerprint density at radius 1 is 0.580 bits per heavy atom. The van der Waals surface area contributed by atoms with Gasteiger partial charge in [0.2, 0.25) is 0 Å². The third-order valence-electron chi connectivity index (χ3n) is 9.18. The number of nitrogens with two attached hydrogens (primary N) is 1. The molecule has 0 aromatic carbocycles. The summed E-state index contributed by atoms with van der Waals surface area (Å²) in [5.41, 5.74) is 5.36. The van der Waals surface area contributed by atoms with Crippen molar-refractivity contribution in [3.8, 4) is 0 Å². The van der Waals surface area contributed by atoms with Crippen molar-refractivity contribution < 1.29 is 32.8 Å². The second kappa shape index (κ2) is 39.4. The van der Waals surface area contributed by atoms with Crippen molar-refractivity contribution >= 4 is 13.8 Å². The zero-order chi connectivity index (χ0) is 36.6. The van der Waals surface area contributed by atoms with Crippen LogP contribution in [0.3, 0.4) is 0 Å². The Morgan fingerprint density at radius 2 is 1.00 bits per heavy atom. The third kappa shape index (κ3) is 38.5. The van der Waals surface area contributed by atoms with Crippen LogP contribution < -0.4 is 5.73 Å². The van der Waals surface area contributed by atoms with E-state index >= 15 is 0 Å². The van der Waals surface area contributed by atoms with Gasteiger partial charge in [0.15, 0.2) is 0 Å². The molecule has 0 amide bonds. The average Bonchev–Trinajstić information content (AvgIpc) is 3.10. The van der Waals surface area contributed by atoms with Crippen molar-refractivity contribution in [1.29, 1.82) is 0 Å². The molecule has 2 unspecified atom stereocenters. The summed E-state index contributed by atoms with van der Waals surface area (Å²) in [7, 11) is -4.27. The number of carbonyl (C=O) groups is 1. The van der Waals surface area contributed by atoms with E-state index in [2.05, 4.69) is 26.0 Å². The van der Waals surface area contributed by atoms with Crippen LogP contribution in [0.4, 0.5) is 0 Å². The molecular weight excluding hydrogens is 649 g/mol. The first-order valence-corrected chi connectivity index (χ1v) is 22.7. The van der Waals surface area contributed by atoms with Crippen LogP contribution in [0, 0.1) is 0 Å². The van der Waals surface area contributed by atoms with Crippen molar-refractivity contribution in [3.63, 3.8) is 0 Å². The molecule has 2 atom stereocenters. The molecule has 0 aliphatic heterocycles. The molecule has 0 spiro atoms. The quantitative estimate of drug-likeness (QED) is 0.0276. The van der Waals surface area contributed by atoms with E-state index in [0.29, 0.717) is 13.0 Å². The molecule has 298 valence electrons.